The highest BCUT2D eigenvalue weighted by Crippen LogP contribution is 2.33. The number of hydrazone groups is 1. The zero-order valence-electron chi connectivity index (χ0n) is 17.8. The van der Waals surface area contributed by atoms with Crippen molar-refractivity contribution in [2.75, 3.05) is 11.2 Å². The van der Waals surface area contributed by atoms with Crippen LogP contribution in [0, 0.1) is 0 Å². The minimum atomic E-state index is -4.74. The second-order valence-electron chi connectivity index (χ2n) is 6.95. The van der Waals surface area contributed by atoms with E-state index in [0.29, 0.717) is 11.8 Å². The maximum absolute atomic E-state index is 11.8. The van der Waals surface area contributed by atoms with Gasteiger partial charge in [0.2, 0.25) is 5.84 Å². The van der Waals surface area contributed by atoms with Gasteiger partial charge in [0.25, 0.3) is 20.2 Å². The van der Waals surface area contributed by atoms with E-state index in [2.05, 4.69) is 20.8 Å². The summed E-state index contributed by atoms with van der Waals surface area (Å²) in [6, 6.07) is 12.3. The molecule has 0 fully saturated rings. The van der Waals surface area contributed by atoms with Gasteiger partial charge in [0.15, 0.2) is 5.75 Å². The number of hydrogen-bond acceptors (Lipinski definition) is 10. The van der Waals surface area contributed by atoms with Crippen molar-refractivity contribution in [1.29, 1.82) is 0 Å². The lowest BCUT2D eigenvalue weighted by molar-refractivity contribution is 0.0696. The number of nitrogens with two attached hydrogens (primary N) is 1. The molecule has 3 aromatic carbocycles. The molecule has 0 amide bonds. The summed E-state index contributed by atoms with van der Waals surface area (Å²) in [5.41, 5.74) is 6.46. The summed E-state index contributed by atoms with van der Waals surface area (Å²) < 4.78 is 64.4. The van der Waals surface area contributed by atoms with Crippen LogP contribution < -0.4 is 11.2 Å². The fourth-order valence-corrected chi connectivity index (χ4v) is 3.82. The van der Waals surface area contributed by atoms with Gasteiger partial charge in [0.05, 0.1) is 26.7 Å². The Morgan fingerprint density at radius 3 is 2.08 bits per heavy atom. The Morgan fingerprint density at radius 1 is 0.861 bits per heavy atom. The maximum atomic E-state index is 11.8. The number of phenolic OH excluding ortho intramolecular Hbond substituents is 1. The highest BCUT2D eigenvalue weighted by molar-refractivity contribution is 7.86. The Morgan fingerprint density at radius 2 is 1.50 bits per heavy atom. The van der Waals surface area contributed by atoms with Crippen LogP contribution in [0.3, 0.4) is 0 Å². The molecule has 0 radical (unpaired) electrons. The number of benzene rings is 3. The maximum Gasteiger partial charge on any atom is 0.336 e. The van der Waals surface area contributed by atoms with Gasteiger partial charge in [-0.25, -0.2) is 4.79 Å². The molecule has 188 valence electrons. The third-order valence-corrected chi connectivity index (χ3v) is 6.15. The van der Waals surface area contributed by atoms with Crippen LogP contribution in [0.5, 0.6) is 5.75 Å². The van der Waals surface area contributed by atoms with Crippen molar-refractivity contribution in [3.8, 4) is 5.75 Å². The molecule has 0 unspecified atom stereocenters. The smallest absolute Gasteiger partial charge is 0.336 e. The molecule has 16 heteroatoms. The van der Waals surface area contributed by atoms with Crippen LogP contribution in [0.25, 0.3) is 0 Å². The average Bonchev–Trinajstić information content (AvgIpc) is 2.80. The second kappa shape index (κ2) is 10.1. The Labute approximate surface area is 203 Å². The molecule has 0 atom stereocenters. The van der Waals surface area contributed by atoms with E-state index in [-0.39, 0.29) is 5.56 Å². The van der Waals surface area contributed by atoms with Crippen molar-refractivity contribution in [3.63, 3.8) is 0 Å². The molecule has 14 nitrogen and oxygen atoms in total. The molecule has 3 aromatic rings. The summed E-state index contributed by atoms with van der Waals surface area (Å²) in [7, 11) is -9.46. The van der Waals surface area contributed by atoms with Gasteiger partial charge < -0.3 is 15.9 Å². The van der Waals surface area contributed by atoms with Crippen molar-refractivity contribution in [1.82, 2.24) is 0 Å². The van der Waals surface area contributed by atoms with Gasteiger partial charge in [-0.1, -0.05) is 18.2 Å². The number of carbonyl (C=O) groups is 1. The molecule has 0 saturated carbocycles. The predicted molar refractivity (Wildman–Crippen MR) is 127 cm³/mol. The van der Waals surface area contributed by atoms with E-state index in [9.17, 15) is 40.9 Å². The molecule has 0 aromatic heterocycles. The number of carboxylic acids is 1. The molecule has 0 aliphatic rings. The summed E-state index contributed by atoms with van der Waals surface area (Å²) in [5.74, 6) is -2.70. The van der Waals surface area contributed by atoms with Crippen LogP contribution in [-0.4, -0.2) is 48.0 Å². The number of nitrogen functional groups attached to an aromatic ring is 1. The lowest BCUT2D eigenvalue weighted by atomic mass is 10.1. The first-order valence-corrected chi connectivity index (χ1v) is 12.4. The summed E-state index contributed by atoms with van der Waals surface area (Å²) >= 11 is 0. The minimum Gasteiger partial charge on any atom is -0.504 e. The molecule has 0 heterocycles. The number of amidine groups is 1. The van der Waals surface area contributed by atoms with Gasteiger partial charge in [0.1, 0.15) is 5.69 Å². The largest absolute Gasteiger partial charge is 0.504 e. The van der Waals surface area contributed by atoms with E-state index in [4.69, 9.17) is 5.73 Å². The molecule has 0 spiro atoms. The number of azo groups is 1. The Hall–Kier alpha value is -4.38. The van der Waals surface area contributed by atoms with Gasteiger partial charge in [-0.15, -0.1) is 10.2 Å². The zero-order valence-corrected chi connectivity index (χ0v) is 19.5. The zero-order chi connectivity index (χ0) is 26.7. The molecule has 0 saturated heterocycles. The van der Waals surface area contributed by atoms with E-state index in [1.165, 1.54) is 0 Å². The first-order chi connectivity index (χ1) is 16.8. The molecule has 0 aliphatic carbocycles. The third-order valence-electron chi connectivity index (χ3n) is 4.47. The van der Waals surface area contributed by atoms with Crippen LogP contribution in [0.1, 0.15) is 15.9 Å². The molecular weight excluding hydrogens is 518 g/mol. The standard InChI is InChI=1S/C20H17N5O9S2/c21-16-9-13(36(32,33)34)10-17(18(16)26)23-25-19(24-22-11-4-2-1-3-5-11)14-7-6-12(35(29,30)31)8-15(14)20(27)28/h1-10,23,26H,21H2,(H,27,28)(H,29,30,31)(H,32,33,34). The van der Waals surface area contributed by atoms with E-state index in [1.807, 2.05) is 0 Å². The van der Waals surface area contributed by atoms with Gasteiger partial charge in [-0.05, 0) is 42.5 Å². The fraction of sp³-hybridized carbons (Fsp3) is 0. The minimum absolute atomic E-state index is 0.263. The van der Waals surface area contributed by atoms with Crippen molar-refractivity contribution in [3.05, 3.63) is 71.8 Å². The average molecular weight is 536 g/mol. The number of nitrogens with one attached hydrogen (secondary N) is 1. The molecule has 0 aliphatic heterocycles. The molecule has 36 heavy (non-hydrogen) atoms. The number of nitrogens with zero attached hydrogens (tertiary/aromatic N) is 3. The van der Waals surface area contributed by atoms with E-state index in [0.717, 1.165) is 24.3 Å². The van der Waals surface area contributed by atoms with Gasteiger partial charge in [0, 0.05) is 5.56 Å². The molecule has 3 rings (SSSR count). The van der Waals surface area contributed by atoms with Crippen molar-refractivity contribution in [2.45, 2.75) is 9.79 Å². The van der Waals surface area contributed by atoms with Gasteiger partial charge in [-0.2, -0.15) is 21.9 Å². The number of anilines is 2. The van der Waals surface area contributed by atoms with Crippen LogP contribution in [-0.2, 0) is 20.2 Å². The summed E-state index contributed by atoms with van der Waals surface area (Å²) in [6.07, 6.45) is 0. The normalized spacial score (nSPS) is 12.6. The molecule has 0 bridgehead atoms. The van der Waals surface area contributed by atoms with Crippen molar-refractivity contribution >= 4 is 49.1 Å². The first-order valence-electron chi connectivity index (χ1n) is 9.53. The van der Waals surface area contributed by atoms with E-state index < -0.39 is 64.5 Å². The lowest BCUT2D eigenvalue weighted by Crippen LogP contribution is -2.11. The summed E-state index contributed by atoms with van der Waals surface area (Å²) in [4.78, 5) is 10.5. The van der Waals surface area contributed by atoms with E-state index >= 15 is 0 Å². The molecule has 7 N–H and O–H groups in total. The monoisotopic (exact) mass is 535 g/mol. The Bertz CT molecular complexity index is 1600. The summed E-state index contributed by atoms with van der Waals surface area (Å²) in [6.45, 7) is 0. The van der Waals surface area contributed by atoms with E-state index in [1.54, 1.807) is 30.3 Å². The van der Waals surface area contributed by atoms with Crippen LogP contribution >= 0.6 is 0 Å². The number of aromatic hydroxyl groups is 1. The topological polar surface area (TPSA) is 241 Å². The molecular formula is C20H17N5O9S2. The lowest BCUT2D eigenvalue weighted by Gasteiger charge is -2.11. The Kier molecular flexibility index (Phi) is 7.35. The number of aromatic carboxylic acids is 1. The second-order valence-corrected chi connectivity index (χ2v) is 9.80. The van der Waals surface area contributed by atoms with Crippen LogP contribution in [0.15, 0.2) is 85.8 Å². The third kappa shape index (κ3) is 6.19. The highest BCUT2D eigenvalue weighted by Gasteiger charge is 2.21. The summed E-state index contributed by atoms with van der Waals surface area (Å²) in [5, 5.41) is 31.5. The fourth-order valence-electron chi connectivity index (χ4n) is 2.77. The van der Waals surface area contributed by atoms with Crippen molar-refractivity contribution in [2.24, 2.45) is 15.3 Å². The quantitative estimate of drug-likeness (QED) is 0.0488. The number of rotatable bonds is 7. The Balaban J connectivity index is 2.18. The number of hydrogen-bond donors (Lipinski definition) is 6. The SMILES string of the molecule is Nc1cc(S(=O)(=O)O)cc(NN=C(N=Nc2ccccc2)c2ccc(S(=O)(=O)O)cc2C(=O)O)c1O. The van der Waals surface area contributed by atoms with Gasteiger partial charge in [-0.3, -0.25) is 14.5 Å². The first kappa shape index (κ1) is 26.2. The predicted octanol–water partition coefficient (Wildman–Crippen LogP) is 2.72. The van der Waals surface area contributed by atoms with Gasteiger partial charge >= 0.3 is 5.97 Å². The van der Waals surface area contributed by atoms with Crippen LogP contribution in [0.2, 0.25) is 0 Å². The number of carboxylic acid groups (broad SMARTS) is 1. The van der Waals surface area contributed by atoms with Crippen LogP contribution in [0.4, 0.5) is 17.1 Å². The van der Waals surface area contributed by atoms with Crippen molar-refractivity contribution < 1.29 is 40.9 Å². The number of phenols is 1. The highest BCUT2D eigenvalue weighted by atomic mass is 32.2.